The molecule has 1 aliphatic rings. The van der Waals surface area contributed by atoms with E-state index < -0.39 is 21.7 Å². The lowest BCUT2D eigenvalue weighted by molar-refractivity contribution is -0.120. The lowest BCUT2D eigenvalue weighted by Gasteiger charge is -2.31. The summed E-state index contributed by atoms with van der Waals surface area (Å²) in [6.45, 7) is 2.28. The molecule has 1 fully saturated rings. The Morgan fingerprint density at radius 1 is 1.29 bits per heavy atom. The Balaban J connectivity index is 1.72. The zero-order valence-electron chi connectivity index (χ0n) is 15.1. The molecule has 1 aromatic heterocycles. The number of carbonyl (C=O) groups is 1. The number of hydrogen-bond acceptors (Lipinski definition) is 5. The van der Waals surface area contributed by atoms with E-state index in [2.05, 4.69) is 5.32 Å². The number of aryl methyl sites for hydroxylation is 1. The van der Waals surface area contributed by atoms with Gasteiger partial charge in [-0.15, -0.1) is 11.3 Å². The van der Waals surface area contributed by atoms with Crippen LogP contribution in [0.25, 0.3) is 0 Å². The van der Waals surface area contributed by atoms with Crippen LogP contribution in [0.2, 0.25) is 0 Å². The van der Waals surface area contributed by atoms with E-state index in [0.717, 1.165) is 4.88 Å². The second kappa shape index (κ2) is 8.89. The number of amides is 1. The van der Waals surface area contributed by atoms with Crippen molar-refractivity contribution < 1.29 is 22.0 Å². The van der Waals surface area contributed by atoms with Crippen molar-refractivity contribution >= 4 is 44.7 Å². The van der Waals surface area contributed by atoms with Gasteiger partial charge in [0.1, 0.15) is 4.21 Å². The molecular weight excluding hydrogens is 426 g/mol. The van der Waals surface area contributed by atoms with Crippen molar-refractivity contribution in [3.8, 4) is 0 Å². The van der Waals surface area contributed by atoms with Crippen molar-refractivity contribution in [2.45, 2.75) is 34.6 Å². The van der Waals surface area contributed by atoms with E-state index in [1.54, 1.807) is 30.3 Å². The smallest absolute Gasteiger partial charge is 0.288 e. The molecule has 2 aromatic rings. The van der Waals surface area contributed by atoms with Crippen molar-refractivity contribution in [2.75, 3.05) is 18.4 Å². The first-order valence-electron chi connectivity index (χ1n) is 8.68. The molecule has 28 heavy (non-hydrogen) atoms. The van der Waals surface area contributed by atoms with E-state index in [1.165, 1.54) is 21.7 Å². The van der Waals surface area contributed by atoms with Gasteiger partial charge in [-0.3, -0.25) is 4.79 Å². The number of carbonyl (C=O) groups excluding carboxylic acids is 1. The Morgan fingerprint density at radius 2 is 2.04 bits per heavy atom. The minimum absolute atomic E-state index is 0.0786. The average Bonchev–Trinajstić information content (AvgIpc) is 3.10. The van der Waals surface area contributed by atoms with Gasteiger partial charge in [0.25, 0.3) is 15.8 Å². The molecule has 2 heterocycles. The summed E-state index contributed by atoms with van der Waals surface area (Å²) in [6.07, 6.45) is 1.11. The van der Waals surface area contributed by atoms with Gasteiger partial charge in [0.15, 0.2) is 0 Å². The van der Waals surface area contributed by atoms with Crippen LogP contribution in [0.3, 0.4) is 0 Å². The highest BCUT2D eigenvalue weighted by Crippen LogP contribution is 2.33. The minimum Gasteiger partial charge on any atom is -0.325 e. The second-order valence-electron chi connectivity index (χ2n) is 6.43. The number of sulfonamides is 1. The summed E-state index contributed by atoms with van der Waals surface area (Å²) < 4.78 is 52.7. The standard InChI is InChI=1S/C18H20F2N2O3S3/c1-12-8-9-16(26-12)28(24,25)22-10-4-5-13(11-22)17(23)21-14-6-2-3-7-15(14)27-18(19)20/h2-3,6-9,13,18H,4-5,10-11H2,1H3,(H,21,23)/t13-/m0/s1. The van der Waals surface area contributed by atoms with Gasteiger partial charge in [-0.25, -0.2) is 8.42 Å². The van der Waals surface area contributed by atoms with Crippen LogP contribution in [0.4, 0.5) is 14.5 Å². The lowest BCUT2D eigenvalue weighted by atomic mass is 9.99. The summed E-state index contributed by atoms with van der Waals surface area (Å²) in [5, 5.41) is 2.69. The molecule has 3 rings (SSSR count). The zero-order chi connectivity index (χ0) is 20.3. The van der Waals surface area contributed by atoms with Gasteiger partial charge in [-0.05, 0) is 44.0 Å². The largest absolute Gasteiger partial charge is 0.325 e. The van der Waals surface area contributed by atoms with Crippen molar-refractivity contribution in [1.29, 1.82) is 0 Å². The average molecular weight is 447 g/mol. The quantitative estimate of drug-likeness (QED) is 0.668. The van der Waals surface area contributed by atoms with Gasteiger partial charge in [0, 0.05) is 22.9 Å². The van der Waals surface area contributed by atoms with Crippen LogP contribution in [0.5, 0.6) is 0 Å². The van der Waals surface area contributed by atoms with Gasteiger partial charge in [-0.1, -0.05) is 23.9 Å². The summed E-state index contributed by atoms with van der Waals surface area (Å²) in [6, 6.07) is 9.69. The molecule has 5 nitrogen and oxygen atoms in total. The first-order valence-corrected chi connectivity index (χ1v) is 11.8. The maximum Gasteiger partial charge on any atom is 0.288 e. The molecule has 0 saturated carbocycles. The highest BCUT2D eigenvalue weighted by Gasteiger charge is 2.34. The van der Waals surface area contributed by atoms with E-state index >= 15 is 0 Å². The van der Waals surface area contributed by atoms with Gasteiger partial charge in [0.2, 0.25) is 5.91 Å². The van der Waals surface area contributed by atoms with E-state index in [4.69, 9.17) is 0 Å². The Hall–Kier alpha value is -1.49. The van der Waals surface area contributed by atoms with Crippen LogP contribution in [0, 0.1) is 12.8 Å². The van der Waals surface area contributed by atoms with Gasteiger partial charge in [0.05, 0.1) is 11.6 Å². The molecule has 0 aliphatic carbocycles. The van der Waals surface area contributed by atoms with Crippen LogP contribution < -0.4 is 5.32 Å². The number of nitrogens with one attached hydrogen (secondary N) is 1. The number of halogens is 2. The molecule has 0 spiro atoms. The molecule has 1 atom stereocenters. The second-order valence-corrected chi connectivity index (χ2v) is 10.9. The number of para-hydroxylation sites is 1. The Kier molecular flexibility index (Phi) is 6.74. The monoisotopic (exact) mass is 446 g/mol. The zero-order valence-corrected chi connectivity index (χ0v) is 17.5. The van der Waals surface area contributed by atoms with E-state index in [9.17, 15) is 22.0 Å². The predicted molar refractivity (Wildman–Crippen MR) is 107 cm³/mol. The van der Waals surface area contributed by atoms with Crippen LogP contribution in [0.15, 0.2) is 45.5 Å². The van der Waals surface area contributed by atoms with Crippen molar-refractivity contribution in [2.24, 2.45) is 5.92 Å². The number of thioether (sulfide) groups is 1. The number of thiophene rings is 1. The van der Waals surface area contributed by atoms with E-state index in [0.29, 0.717) is 36.8 Å². The van der Waals surface area contributed by atoms with Gasteiger partial charge in [-0.2, -0.15) is 13.1 Å². The molecule has 1 N–H and O–H groups in total. The summed E-state index contributed by atoms with van der Waals surface area (Å²) in [5.41, 5.74) is 0.312. The van der Waals surface area contributed by atoms with Gasteiger partial charge >= 0.3 is 0 Å². The molecule has 1 aromatic carbocycles. The fourth-order valence-corrected chi connectivity index (χ4v) is 6.61. The number of rotatable bonds is 6. The first kappa shape index (κ1) is 21.2. The summed E-state index contributed by atoms with van der Waals surface area (Å²) >= 11 is 1.57. The van der Waals surface area contributed by atoms with Crippen molar-refractivity contribution in [3.05, 3.63) is 41.3 Å². The van der Waals surface area contributed by atoms with Crippen molar-refractivity contribution in [1.82, 2.24) is 4.31 Å². The van der Waals surface area contributed by atoms with Crippen LogP contribution in [-0.2, 0) is 14.8 Å². The minimum atomic E-state index is -3.64. The number of alkyl halides is 2. The third-order valence-electron chi connectivity index (χ3n) is 4.43. The van der Waals surface area contributed by atoms with Gasteiger partial charge < -0.3 is 5.32 Å². The molecule has 152 valence electrons. The molecule has 0 bridgehead atoms. The first-order chi connectivity index (χ1) is 13.3. The molecule has 10 heteroatoms. The van der Waals surface area contributed by atoms with Crippen LogP contribution in [-0.4, -0.2) is 37.5 Å². The molecule has 1 amide bonds. The summed E-state index contributed by atoms with van der Waals surface area (Å²) in [4.78, 5) is 13.9. The number of benzene rings is 1. The summed E-state index contributed by atoms with van der Waals surface area (Å²) in [5.74, 6) is -3.48. The fraction of sp³-hybridized carbons (Fsp3) is 0.389. The number of nitrogens with zero attached hydrogens (tertiary/aromatic N) is 1. The summed E-state index contributed by atoms with van der Waals surface area (Å²) in [7, 11) is -3.64. The number of hydrogen-bond donors (Lipinski definition) is 1. The SMILES string of the molecule is Cc1ccc(S(=O)(=O)N2CCC[C@H](C(=O)Nc3ccccc3SC(F)F)C2)s1. The maximum absolute atomic E-state index is 12.8. The number of piperidine rings is 1. The normalized spacial score (nSPS) is 18.4. The topological polar surface area (TPSA) is 66.5 Å². The van der Waals surface area contributed by atoms with Crippen LogP contribution >= 0.6 is 23.1 Å². The fourth-order valence-electron chi connectivity index (χ4n) is 3.06. The maximum atomic E-state index is 12.8. The highest BCUT2D eigenvalue weighted by molar-refractivity contribution is 7.99. The lowest BCUT2D eigenvalue weighted by Crippen LogP contribution is -2.43. The van der Waals surface area contributed by atoms with E-state index in [-0.39, 0.29) is 21.6 Å². The Bertz CT molecular complexity index is 947. The number of anilines is 1. The van der Waals surface area contributed by atoms with Crippen LogP contribution in [0.1, 0.15) is 17.7 Å². The molecule has 1 saturated heterocycles. The third-order valence-corrected chi connectivity index (χ3v) is 8.55. The third kappa shape index (κ3) is 4.91. The van der Waals surface area contributed by atoms with Crippen molar-refractivity contribution in [3.63, 3.8) is 0 Å². The Morgan fingerprint density at radius 3 is 2.71 bits per heavy atom. The Labute approximate surface area is 171 Å². The molecular formula is C18H20F2N2O3S3. The molecule has 0 radical (unpaired) electrons. The predicted octanol–water partition coefficient (Wildman–Crippen LogP) is 4.41. The molecule has 1 aliphatic heterocycles. The van der Waals surface area contributed by atoms with E-state index in [1.807, 2.05) is 6.92 Å². The molecule has 0 unspecified atom stereocenters. The highest BCUT2D eigenvalue weighted by atomic mass is 32.2.